The van der Waals surface area contributed by atoms with Gasteiger partial charge in [-0.3, -0.25) is 9.48 Å². The van der Waals surface area contributed by atoms with Gasteiger partial charge in [0.25, 0.3) is 0 Å². The van der Waals surface area contributed by atoms with E-state index in [4.69, 9.17) is 0 Å². The number of carbonyl (C=O) groups is 1. The number of nitrogens with zero attached hydrogens (tertiary/aromatic N) is 2. The normalized spacial score (nSPS) is 19.7. The van der Waals surface area contributed by atoms with Crippen LogP contribution in [0.5, 0.6) is 5.75 Å². The van der Waals surface area contributed by atoms with Gasteiger partial charge in [-0.2, -0.15) is 13.9 Å². The van der Waals surface area contributed by atoms with Crippen LogP contribution in [0.1, 0.15) is 17.0 Å². The number of halogens is 3. The molecule has 140 valence electrons. The Hall–Kier alpha value is -2.55. The molecule has 1 aliphatic rings. The van der Waals surface area contributed by atoms with Gasteiger partial charge in [0.2, 0.25) is 5.91 Å². The Morgan fingerprint density at radius 2 is 2.27 bits per heavy atom. The van der Waals surface area contributed by atoms with Crippen molar-refractivity contribution in [3.8, 4) is 5.75 Å². The molecule has 0 bridgehead atoms. The standard InChI is InChI=1S/C17H19F3N4O2/c1-24-9-10(5-23-24)11-6-21-7-12(11)16(25)22-8-13-14(18)3-2-4-15(13)26-17(19)20/h2-5,9,11-12,17,21H,6-8H2,1H3,(H,22,25)/t11-,12+/m1/s1. The van der Waals surface area contributed by atoms with Gasteiger partial charge in [-0.1, -0.05) is 6.07 Å². The Kier molecular flexibility index (Phi) is 5.46. The summed E-state index contributed by atoms with van der Waals surface area (Å²) in [4.78, 5) is 12.6. The Morgan fingerprint density at radius 3 is 2.96 bits per heavy atom. The fourth-order valence-electron chi connectivity index (χ4n) is 3.16. The van der Waals surface area contributed by atoms with Crippen molar-refractivity contribution in [1.29, 1.82) is 0 Å². The van der Waals surface area contributed by atoms with Gasteiger partial charge in [0, 0.05) is 44.4 Å². The van der Waals surface area contributed by atoms with Gasteiger partial charge in [0.15, 0.2) is 0 Å². The minimum atomic E-state index is -3.07. The summed E-state index contributed by atoms with van der Waals surface area (Å²) in [6, 6.07) is 3.65. The first kappa shape index (κ1) is 18.2. The molecule has 2 aromatic rings. The Labute approximate surface area is 148 Å². The van der Waals surface area contributed by atoms with Crippen molar-refractivity contribution in [1.82, 2.24) is 20.4 Å². The highest BCUT2D eigenvalue weighted by Crippen LogP contribution is 2.28. The Morgan fingerprint density at radius 1 is 1.46 bits per heavy atom. The summed E-state index contributed by atoms with van der Waals surface area (Å²) < 4.78 is 44.9. The molecule has 0 radical (unpaired) electrons. The number of rotatable bonds is 6. The predicted octanol–water partition coefficient (Wildman–Crippen LogP) is 1.78. The molecule has 0 saturated carbocycles. The number of aromatic nitrogens is 2. The molecular weight excluding hydrogens is 349 g/mol. The molecule has 2 heterocycles. The molecule has 1 amide bonds. The topological polar surface area (TPSA) is 68.2 Å². The molecule has 2 atom stereocenters. The van der Waals surface area contributed by atoms with Crippen molar-refractivity contribution >= 4 is 5.91 Å². The van der Waals surface area contributed by atoms with Crippen molar-refractivity contribution in [2.75, 3.05) is 13.1 Å². The van der Waals surface area contributed by atoms with Crippen LogP contribution in [0.25, 0.3) is 0 Å². The molecule has 9 heteroatoms. The summed E-state index contributed by atoms with van der Waals surface area (Å²) in [5.41, 5.74) is 0.829. The zero-order valence-electron chi connectivity index (χ0n) is 14.1. The Bertz CT molecular complexity index is 781. The molecule has 1 fully saturated rings. The van der Waals surface area contributed by atoms with E-state index in [0.29, 0.717) is 13.1 Å². The third-order valence-electron chi connectivity index (χ3n) is 4.44. The predicted molar refractivity (Wildman–Crippen MR) is 87.2 cm³/mol. The third kappa shape index (κ3) is 3.98. The highest BCUT2D eigenvalue weighted by Gasteiger charge is 2.34. The van der Waals surface area contributed by atoms with Crippen molar-refractivity contribution in [2.45, 2.75) is 19.1 Å². The lowest BCUT2D eigenvalue weighted by atomic mass is 9.90. The fraction of sp³-hybridized carbons (Fsp3) is 0.412. The number of nitrogens with one attached hydrogen (secondary N) is 2. The molecule has 0 aliphatic carbocycles. The van der Waals surface area contributed by atoms with E-state index >= 15 is 0 Å². The summed E-state index contributed by atoms with van der Waals surface area (Å²) in [5.74, 6) is -1.69. The Balaban J connectivity index is 1.69. The van der Waals surface area contributed by atoms with E-state index in [2.05, 4.69) is 20.5 Å². The van der Waals surface area contributed by atoms with Gasteiger partial charge in [0.05, 0.1) is 12.1 Å². The number of ether oxygens (including phenoxy) is 1. The minimum Gasteiger partial charge on any atom is -0.434 e. The fourth-order valence-corrected chi connectivity index (χ4v) is 3.16. The zero-order chi connectivity index (χ0) is 18.7. The molecule has 2 N–H and O–H groups in total. The number of aryl methyl sites for hydroxylation is 1. The van der Waals surface area contributed by atoms with E-state index in [1.165, 1.54) is 12.1 Å². The van der Waals surface area contributed by atoms with Crippen molar-refractivity contribution in [3.05, 3.63) is 47.5 Å². The first-order valence-electron chi connectivity index (χ1n) is 8.15. The van der Waals surface area contributed by atoms with E-state index < -0.39 is 12.4 Å². The minimum absolute atomic E-state index is 0.0545. The molecule has 3 rings (SSSR count). The number of benzene rings is 1. The lowest BCUT2D eigenvalue weighted by Crippen LogP contribution is -2.34. The largest absolute Gasteiger partial charge is 0.434 e. The van der Waals surface area contributed by atoms with E-state index in [0.717, 1.165) is 11.6 Å². The number of amides is 1. The monoisotopic (exact) mass is 368 g/mol. The van der Waals surface area contributed by atoms with Crippen LogP contribution < -0.4 is 15.4 Å². The van der Waals surface area contributed by atoms with Crippen molar-refractivity contribution < 1.29 is 22.7 Å². The average Bonchev–Trinajstić information content (AvgIpc) is 3.22. The second-order valence-corrected chi connectivity index (χ2v) is 6.13. The molecule has 1 aromatic heterocycles. The van der Waals surface area contributed by atoms with E-state index in [9.17, 15) is 18.0 Å². The highest BCUT2D eigenvalue weighted by atomic mass is 19.3. The second-order valence-electron chi connectivity index (χ2n) is 6.13. The summed E-state index contributed by atoms with van der Waals surface area (Å²) in [5, 5.41) is 9.91. The number of hydrogen-bond donors (Lipinski definition) is 2. The number of hydrogen-bond acceptors (Lipinski definition) is 4. The molecule has 0 spiro atoms. The maximum absolute atomic E-state index is 14.0. The molecule has 1 aromatic carbocycles. The van der Waals surface area contributed by atoms with E-state index in [-0.39, 0.29) is 35.6 Å². The summed E-state index contributed by atoms with van der Waals surface area (Å²) in [6.07, 6.45) is 3.56. The van der Waals surface area contributed by atoms with Crippen LogP contribution in [0.15, 0.2) is 30.6 Å². The van der Waals surface area contributed by atoms with Crippen LogP contribution in [0.4, 0.5) is 13.2 Å². The van der Waals surface area contributed by atoms with Crippen molar-refractivity contribution in [3.63, 3.8) is 0 Å². The summed E-state index contributed by atoms with van der Waals surface area (Å²) in [7, 11) is 1.80. The molecular formula is C17H19F3N4O2. The zero-order valence-corrected chi connectivity index (χ0v) is 14.1. The maximum atomic E-state index is 14.0. The molecule has 1 aliphatic heterocycles. The molecule has 1 saturated heterocycles. The lowest BCUT2D eigenvalue weighted by molar-refractivity contribution is -0.125. The van der Waals surface area contributed by atoms with Gasteiger partial charge in [-0.05, 0) is 17.7 Å². The van der Waals surface area contributed by atoms with Gasteiger partial charge >= 0.3 is 6.61 Å². The molecule has 26 heavy (non-hydrogen) atoms. The first-order valence-corrected chi connectivity index (χ1v) is 8.15. The smallest absolute Gasteiger partial charge is 0.387 e. The van der Waals surface area contributed by atoms with E-state index in [1.54, 1.807) is 17.9 Å². The van der Waals surface area contributed by atoms with Crippen molar-refractivity contribution in [2.24, 2.45) is 13.0 Å². The number of alkyl halides is 2. The van der Waals surface area contributed by atoms with Crippen LogP contribution in [0.2, 0.25) is 0 Å². The van der Waals surface area contributed by atoms with Crippen LogP contribution in [-0.4, -0.2) is 35.4 Å². The van der Waals surface area contributed by atoms with E-state index in [1.807, 2.05) is 6.20 Å². The second kappa shape index (κ2) is 7.77. The highest BCUT2D eigenvalue weighted by molar-refractivity contribution is 5.80. The lowest BCUT2D eigenvalue weighted by Gasteiger charge is -2.18. The molecule has 6 nitrogen and oxygen atoms in total. The van der Waals surface area contributed by atoms with Gasteiger partial charge in [0.1, 0.15) is 11.6 Å². The SMILES string of the molecule is Cn1cc([C@H]2CNC[C@@H]2C(=O)NCc2c(F)cccc2OC(F)F)cn1. The first-order chi connectivity index (χ1) is 12.5. The van der Waals surface area contributed by atoms with Crippen LogP contribution in [0, 0.1) is 11.7 Å². The summed E-state index contributed by atoms with van der Waals surface area (Å²) >= 11 is 0. The van der Waals surface area contributed by atoms with Gasteiger partial charge in [-0.15, -0.1) is 0 Å². The third-order valence-corrected chi connectivity index (χ3v) is 4.44. The van der Waals surface area contributed by atoms with Gasteiger partial charge < -0.3 is 15.4 Å². The average molecular weight is 368 g/mol. The van der Waals surface area contributed by atoms with Crippen LogP contribution in [-0.2, 0) is 18.4 Å². The molecule has 0 unspecified atom stereocenters. The van der Waals surface area contributed by atoms with Crippen LogP contribution in [0.3, 0.4) is 0 Å². The van der Waals surface area contributed by atoms with Gasteiger partial charge in [-0.25, -0.2) is 4.39 Å². The number of carbonyl (C=O) groups excluding carboxylic acids is 1. The maximum Gasteiger partial charge on any atom is 0.387 e. The summed E-state index contributed by atoms with van der Waals surface area (Å²) in [6.45, 7) is -2.20. The quantitative estimate of drug-likeness (QED) is 0.816. The van der Waals surface area contributed by atoms with Crippen LogP contribution >= 0.6 is 0 Å².